The summed E-state index contributed by atoms with van der Waals surface area (Å²) in [7, 11) is 1.39. The predicted octanol–water partition coefficient (Wildman–Crippen LogP) is 3.66. The van der Waals surface area contributed by atoms with Gasteiger partial charge in [0.05, 0.1) is 13.2 Å². The molecule has 3 rings (SSSR count). The molecule has 34 heavy (non-hydrogen) atoms. The Kier molecular flexibility index (Phi) is 9.27. The molecular formula is C26H34N2O6. The second kappa shape index (κ2) is 12.4. The van der Waals surface area contributed by atoms with E-state index in [0.29, 0.717) is 19.4 Å². The first kappa shape index (κ1) is 25.5. The average molecular weight is 471 g/mol. The lowest BCUT2D eigenvalue weighted by Crippen LogP contribution is -2.44. The molecule has 1 fully saturated rings. The molecule has 0 saturated carbocycles. The molecule has 0 spiro atoms. The molecule has 2 aromatic rings. The second-order valence-corrected chi connectivity index (χ2v) is 8.57. The van der Waals surface area contributed by atoms with Crippen LogP contribution in [0.5, 0.6) is 11.5 Å². The van der Waals surface area contributed by atoms with Gasteiger partial charge in [-0.25, -0.2) is 9.78 Å². The fraction of sp³-hybridized carbons (Fsp3) is 0.500. The summed E-state index contributed by atoms with van der Waals surface area (Å²) >= 11 is 0. The largest absolute Gasteiger partial charge is 0.503 e. The standard InChI is InChI=1S/C26H34N2O6/c1-4-15-33-21-12-8-11-20(28-25(30)23-24(29)22(32-3)13-14-27-23)26(31)34-17(2)19(21)16-18-9-6-5-7-10-18/h5-7,9-10,13-14,17,19-21,29H,4,8,11-12,15-16H2,1-3H3,(H,28,30). The number of benzene rings is 1. The summed E-state index contributed by atoms with van der Waals surface area (Å²) in [6.45, 7) is 4.59. The number of methoxy groups -OCH3 is 1. The van der Waals surface area contributed by atoms with E-state index in [2.05, 4.69) is 29.4 Å². The number of ether oxygens (including phenoxy) is 3. The van der Waals surface area contributed by atoms with Crippen LogP contribution in [-0.4, -0.2) is 53.9 Å². The number of pyridine rings is 1. The van der Waals surface area contributed by atoms with E-state index >= 15 is 0 Å². The number of cyclic esters (lactones) is 1. The Bertz CT molecular complexity index is 952. The van der Waals surface area contributed by atoms with Crippen LogP contribution in [0.4, 0.5) is 0 Å². The van der Waals surface area contributed by atoms with E-state index in [1.807, 2.05) is 25.1 Å². The number of aromatic nitrogens is 1. The highest BCUT2D eigenvalue weighted by atomic mass is 16.5. The van der Waals surface area contributed by atoms with E-state index in [9.17, 15) is 14.7 Å². The lowest BCUT2D eigenvalue weighted by molar-refractivity contribution is -0.155. The number of aromatic hydroxyl groups is 1. The minimum atomic E-state index is -0.857. The summed E-state index contributed by atoms with van der Waals surface area (Å²) in [5, 5.41) is 12.9. The van der Waals surface area contributed by atoms with Crippen molar-refractivity contribution >= 4 is 11.9 Å². The van der Waals surface area contributed by atoms with Crippen LogP contribution >= 0.6 is 0 Å². The van der Waals surface area contributed by atoms with Crippen molar-refractivity contribution in [1.82, 2.24) is 10.3 Å². The number of hydrogen-bond donors (Lipinski definition) is 2. The number of esters is 1. The van der Waals surface area contributed by atoms with Gasteiger partial charge in [-0.3, -0.25) is 4.79 Å². The third-order valence-corrected chi connectivity index (χ3v) is 6.13. The van der Waals surface area contributed by atoms with Gasteiger partial charge in [-0.2, -0.15) is 0 Å². The van der Waals surface area contributed by atoms with Crippen LogP contribution in [0.1, 0.15) is 55.6 Å². The van der Waals surface area contributed by atoms with Crippen molar-refractivity contribution < 1.29 is 28.9 Å². The van der Waals surface area contributed by atoms with Gasteiger partial charge in [0.25, 0.3) is 5.91 Å². The monoisotopic (exact) mass is 470 g/mol. The smallest absolute Gasteiger partial charge is 0.328 e. The number of amides is 1. The van der Waals surface area contributed by atoms with Crippen LogP contribution in [0.15, 0.2) is 42.6 Å². The molecule has 4 unspecified atom stereocenters. The summed E-state index contributed by atoms with van der Waals surface area (Å²) in [4.78, 5) is 29.8. The SMILES string of the molecule is CCCOC1CCCC(NC(=O)c2nccc(OC)c2O)C(=O)OC(C)C1Cc1ccccc1. The molecule has 2 heterocycles. The van der Waals surface area contributed by atoms with Gasteiger partial charge in [0.1, 0.15) is 12.1 Å². The Morgan fingerprint density at radius 1 is 1.24 bits per heavy atom. The molecule has 1 aromatic heterocycles. The van der Waals surface area contributed by atoms with Crippen molar-refractivity contribution in [3.05, 3.63) is 53.9 Å². The van der Waals surface area contributed by atoms with E-state index in [0.717, 1.165) is 24.8 Å². The Balaban J connectivity index is 1.77. The molecule has 4 atom stereocenters. The molecule has 0 radical (unpaired) electrons. The molecule has 1 saturated heterocycles. The van der Waals surface area contributed by atoms with Gasteiger partial charge in [0.15, 0.2) is 17.2 Å². The highest BCUT2D eigenvalue weighted by molar-refractivity contribution is 5.97. The van der Waals surface area contributed by atoms with Crippen LogP contribution in [0.25, 0.3) is 0 Å². The van der Waals surface area contributed by atoms with E-state index in [4.69, 9.17) is 14.2 Å². The molecule has 1 aliphatic rings. The number of hydrogen-bond acceptors (Lipinski definition) is 7. The average Bonchev–Trinajstić information content (AvgIpc) is 2.88. The Morgan fingerprint density at radius 3 is 2.71 bits per heavy atom. The van der Waals surface area contributed by atoms with Crippen molar-refractivity contribution in [2.24, 2.45) is 5.92 Å². The molecule has 184 valence electrons. The van der Waals surface area contributed by atoms with Crippen LogP contribution in [0.2, 0.25) is 0 Å². The molecule has 0 bridgehead atoms. The molecule has 1 aliphatic heterocycles. The zero-order chi connectivity index (χ0) is 24.5. The Morgan fingerprint density at radius 2 is 2.00 bits per heavy atom. The molecule has 8 nitrogen and oxygen atoms in total. The summed E-state index contributed by atoms with van der Waals surface area (Å²) in [6.07, 6.45) is 4.32. The summed E-state index contributed by atoms with van der Waals surface area (Å²) < 4.78 is 17.1. The van der Waals surface area contributed by atoms with Gasteiger partial charge in [-0.15, -0.1) is 0 Å². The van der Waals surface area contributed by atoms with Gasteiger partial charge in [-0.05, 0) is 44.6 Å². The van der Waals surface area contributed by atoms with Crippen LogP contribution in [0, 0.1) is 5.92 Å². The molecular weight excluding hydrogens is 436 g/mol. The van der Waals surface area contributed by atoms with E-state index in [1.165, 1.54) is 19.4 Å². The number of nitrogens with zero attached hydrogens (tertiary/aromatic N) is 1. The Hall–Kier alpha value is -3.13. The molecule has 0 aliphatic carbocycles. The lowest BCUT2D eigenvalue weighted by atomic mass is 9.87. The van der Waals surface area contributed by atoms with E-state index < -0.39 is 24.0 Å². The van der Waals surface area contributed by atoms with Crippen molar-refractivity contribution in [1.29, 1.82) is 0 Å². The predicted molar refractivity (Wildman–Crippen MR) is 127 cm³/mol. The van der Waals surface area contributed by atoms with Crippen LogP contribution in [0.3, 0.4) is 0 Å². The summed E-state index contributed by atoms with van der Waals surface area (Å²) in [5.41, 5.74) is 0.954. The van der Waals surface area contributed by atoms with Crippen molar-refractivity contribution in [3.8, 4) is 11.5 Å². The van der Waals surface area contributed by atoms with E-state index in [-0.39, 0.29) is 29.2 Å². The quantitative estimate of drug-likeness (QED) is 0.567. The van der Waals surface area contributed by atoms with Crippen molar-refractivity contribution in [3.63, 3.8) is 0 Å². The van der Waals surface area contributed by atoms with Crippen molar-refractivity contribution in [2.75, 3.05) is 13.7 Å². The van der Waals surface area contributed by atoms with Gasteiger partial charge in [0, 0.05) is 24.8 Å². The third-order valence-electron chi connectivity index (χ3n) is 6.13. The van der Waals surface area contributed by atoms with Crippen molar-refractivity contribution in [2.45, 2.75) is 64.2 Å². The van der Waals surface area contributed by atoms with Gasteiger partial charge in [-0.1, -0.05) is 37.3 Å². The number of carbonyl (C=O) groups is 2. The number of nitrogens with one attached hydrogen (secondary N) is 1. The topological polar surface area (TPSA) is 107 Å². The summed E-state index contributed by atoms with van der Waals surface area (Å²) in [5.74, 6) is -1.42. The van der Waals surface area contributed by atoms with Gasteiger partial charge < -0.3 is 24.6 Å². The first-order valence-electron chi connectivity index (χ1n) is 11.8. The van der Waals surface area contributed by atoms with Gasteiger partial charge >= 0.3 is 5.97 Å². The highest BCUT2D eigenvalue weighted by Crippen LogP contribution is 2.29. The third kappa shape index (κ3) is 6.47. The van der Waals surface area contributed by atoms with Crippen LogP contribution < -0.4 is 10.1 Å². The fourth-order valence-corrected chi connectivity index (χ4v) is 4.29. The minimum absolute atomic E-state index is 0.0172. The zero-order valence-corrected chi connectivity index (χ0v) is 20.0. The Labute approximate surface area is 200 Å². The number of carbonyl (C=O) groups excluding carboxylic acids is 2. The highest BCUT2D eigenvalue weighted by Gasteiger charge is 2.35. The van der Waals surface area contributed by atoms with Gasteiger partial charge in [0.2, 0.25) is 0 Å². The van der Waals surface area contributed by atoms with E-state index in [1.54, 1.807) is 0 Å². The molecule has 2 N–H and O–H groups in total. The minimum Gasteiger partial charge on any atom is -0.503 e. The first-order chi connectivity index (χ1) is 16.4. The summed E-state index contributed by atoms with van der Waals surface area (Å²) in [6, 6.07) is 10.7. The first-order valence-corrected chi connectivity index (χ1v) is 11.8. The second-order valence-electron chi connectivity index (χ2n) is 8.57. The molecule has 1 amide bonds. The van der Waals surface area contributed by atoms with Crippen LogP contribution in [-0.2, 0) is 20.7 Å². The maximum Gasteiger partial charge on any atom is 0.328 e. The maximum atomic E-state index is 13.0. The molecule has 8 heteroatoms. The maximum absolute atomic E-state index is 13.0. The lowest BCUT2D eigenvalue weighted by Gasteiger charge is -2.31. The number of rotatable bonds is 8. The zero-order valence-electron chi connectivity index (χ0n) is 20.0. The molecule has 1 aromatic carbocycles. The fourth-order valence-electron chi connectivity index (χ4n) is 4.29. The normalized spacial score (nSPS) is 23.2.